The lowest BCUT2D eigenvalue weighted by molar-refractivity contribution is 0.189. The molecule has 0 spiro atoms. The number of rotatable bonds is 11. The monoisotopic (exact) mass is 282 g/mol. The fraction of sp³-hybridized carbons (Fsp3) is 0.867. The minimum absolute atomic E-state index is 0.223. The van der Waals surface area contributed by atoms with E-state index in [1.165, 1.54) is 12.8 Å². The van der Waals surface area contributed by atoms with Gasteiger partial charge in [0, 0.05) is 33.2 Å². The molecule has 0 aliphatic rings. The number of ether oxygens (including phenoxy) is 1. The maximum atomic E-state index is 5.08. The van der Waals surface area contributed by atoms with Crippen molar-refractivity contribution >= 4 is 0 Å². The van der Waals surface area contributed by atoms with Crippen LogP contribution < -0.4 is 5.32 Å². The molecule has 116 valence electrons. The van der Waals surface area contributed by atoms with Gasteiger partial charge in [-0.05, 0) is 18.3 Å². The zero-order valence-corrected chi connectivity index (χ0v) is 13.5. The van der Waals surface area contributed by atoms with Crippen molar-refractivity contribution in [3.05, 3.63) is 12.2 Å². The Kier molecular flexibility index (Phi) is 7.77. The fourth-order valence-corrected chi connectivity index (χ4v) is 2.61. The average Bonchev–Trinajstić information content (AvgIpc) is 2.83. The summed E-state index contributed by atoms with van der Waals surface area (Å²) in [6, 6.07) is 0. The van der Waals surface area contributed by atoms with E-state index in [9.17, 15) is 0 Å². The lowest BCUT2D eigenvalue weighted by Gasteiger charge is -2.29. The summed E-state index contributed by atoms with van der Waals surface area (Å²) in [6.45, 7) is 10.3. The maximum absolute atomic E-state index is 5.08. The number of nitrogens with zero attached hydrogens (tertiary/aromatic N) is 3. The molecule has 1 N–H and O–H groups in total. The predicted molar refractivity (Wildman–Crippen MR) is 81.8 cm³/mol. The molecular formula is C15H30N4O. The smallest absolute Gasteiger partial charge is 0.138 e. The molecule has 5 nitrogen and oxygen atoms in total. The van der Waals surface area contributed by atoms with E-state index in [1.807, 2.05) is 4.68 Å². The van der Waals surface area contributed by atoms with Crippen LogP contribution in [0.25, 0.3) is 0 Å². The Morgan fingerprint density at radius 2 is 2.15 bits per heavy atom. The molecule has 20 heavy (non-hydrogen) atoms. The van der Waals surface area contributed by atoms with Crippen LogP contribution >= 0.6 is 0 Å². The zero-order valence-electron chi connectivity index (χ0n) is 13.5. The summed E-state index contributed by atoms with van der Waals surface area (Å²) in [6.07, 6.45) is 6.11. The van der Waals surface area contributed by atoms with Crippen LogP contribution in [0.3, 0.4) is 0 Å². The number of methoxy groups -OCH3 is 1. The Bertz CT molecular complexity index is 367. The highest BCUT2D eigenvalue weighted by molar-refractivity contribution is 4.93. The van der Waals surface area contributed by atoms with Crippen LogP contribution in [0, 0.1) is 5.41 Å². The van der Waals surface area contributed by atoms with E-state index in [2.05, 4.69) is 36.2 Å². The summed E-state index contributed by atoms with van der Waals surface area (Å²) in [5, 5.41) is 7.82. The summed E-state index contributed by atoms with van der Waals surface area (Å²) in [5.74, 6) is 1.11. The molecule has 1 heterocycles. The van der Waals surface area contributed by atoms with E-state index in [-0.39, 0.29) is 5.41 Å². The lowest BCUT2D eigenvalue weighted by Crippen LogP contribution is -2.36. The van der Waals surface area contributed by atoms with Crippen molar-refractivity contribution in [2.24, 2.45) is 5.41 Å². The van der Waals surface area contributed by atoms with Crippen molar-refractivity contribution in [1.29, 1.82) is 0 Å². The first kappa shape index (κ1) is 17.1. The summed E-state index contributed by atoms with van der Waals surface area (Å²) >= 11 is 0. The van der Waals surface area contributed by atoms with Gasteiger partial charge in [0.05, 0.1) is 6.61 Å². The normalized spacial score (nSPS) is 14.4. The van der Waals surface area contributed by atoms with Gasteiger partial charge in [0.2, 0.25) is 0 Å². The third-order valence-corrected chi connectivity index (χ3v) is 3.60. The first-order valence-electron chi connectivity index (χ1n) is 7.71. The van der Waals surface area contributed by atoms with Gasteiger partial charge in [-0.3, -0.25) is 4.68 Å². The van der Waals surface area contributed by atoms with Gasteiger partial charge in [0.1, 0.15) is 12.2 Å². The minimum Gasteiger partial charge on any atom is -0.383 e. The van der Waals surface area contributed by atoms with Crippen molar-refractivity contribution in [1.82, 2.24) is 20.1 Å². The maximum Gasteiger partial charge on any atom is 0.138 e. The van der Waals surface area contributed by atoms with E-state index in [0.29, 0.717) is 0 Å². The molecule has 1 atom stereocenters. The van der Waals surface area contributed by atoms with Crippen molar-refractivity contribution in [3.63, 3.8) is 0 Å². The Morgan fingerprint density at radius 3 is 2.80 bits per heavy atom. The van der Waals surface area contributed by atoms with Crippen LogP contribution in [0.1, 0.15) is 45.9 Å². The molecule has 0 radical (unpaired) electrons. The SMILES string of the molecule is CCCn1ncnc1CC(C)(CCC)CNCCOC. The van der Waals surface area contributed by atoms with Crippen molar-refractivity contribution in [2.75, 3.05) is 26.8 Å². The van der Waals surface area contributed by atoms with E-state index in [1.54, 1.807) is 13.4 Å². The summed E-state index contributed by atoms with van der Waals surface area (Å²) in [5.41, 5.74) is 0.223. The standard InChI is InChI=1S/C15H30N4O/c1-5-7-15(3,12-16-8-10-20-4)11-14-17-13-18-19(14)9-6-2/h13,16H,5-12H2,1-4H3. The second-order valence-electron chi connectivity index (χ2n) is 5.81. The topological polar surface area (TPSA) is 52.0 Å². The number of hydrogen-bond donors (Lipinski definition) is 1. The summed E-state index contributed by atoms with van der Waals surface area (Å²) in [4.78, 5) is 4.45. The molecule has 1 aromatic rings. The van der Waals surface area contributed by atoms with Crippen LogP contribution in [0.5, 0.6) is 0 Å². The number of aryl methyl sites for hydroxylation is 1. The van der Waals surface area contributed by atoms with Crippen LogP contribution in [-0.4, -0.2) is 41.6 Å². The van der Waals surface area contributed by atoms with Gasteiger partial charge in [-0.25, -0.2) is 4.98 Å². The van der Waals surface area contributed by atoms with Gasteiger partial charge in [0.15, 0.2) is 0 Å². The summed E-state index contributed by atoms with van der Waals surface area (Å²) in [7, 11) is 1.74. The van der Waals surface area contributed by atoms with Crippen LogP contribution in [0.4, 0.5) is 0 Å². The Balaban J connectivity index is 2.61. The van der Waals surface area contributed by atoms with E-state index < -0.39 is 0 Å². The van der Waals surface area contributed by atoms with Gasteiger partial charge in [-0.2, -0.15) is 5.10 Å². The van der Waals surface area contributed by atoms with Crippen LogP contribution in [0.15, 0.2) is 6.33 Å². The second-order valence-corrected chi connectivity index (χ2v) is 5.81. The highest BCUT2D eigenvalue weighted by Crippen LogP contribution is 2.26. The zero-order chi connectivity index (χ0) is 14.8. The molecule has 0 bridgehead atoms. The average molecular weight is 282 g/mol. The molecule has 0 aliphatic heterocycles. The van der Waals surface area contributed by atoms with Crippen LogP contribution in [0.2, 0.25) is 0 Å². The second kappa shape index (κ2) is 9.08. The highest BCUT2D eigenvalue weighted by Gasteiger charge is 2.25. The van der Waals surface area contributed by atoms with Gasteiger partial charge in [0.25, 0.3) is 0 Å². The number of nitrogens with one attached hydrogen (secondary N) is 1. The molecule has 5 heteroatoms. The van der Waals surface area contributed by atoms with Crippen LogP contribution in [-0.2, 0) is 17.7 Å². The molecule has 0 saturated heterocycles. The molecule has 1 unspecified atom stereocenters. The molecule has 0 amide bonds. The van der Waals surface area contributed by atoms with E-state index in [0.717, 1.165) is 44.9 Å². The van der Waals surface area contributed by atoms with Gasteiger partial charge < -0.3 is 10.1 Å². The molecule has 0 aromatic carbocycles. The third kappa shape index (κ3) is 5.59. The van der Waals surface area contributed by atoms with Crippen molar-refractivity contribution in [3.8, 4) is 0 Å². The third-order valence-electron chi connectivity index (χ3n) is 3.60. The van der Waals surface area contributed by atoms with E-state index >= 15 is 0 Å². The van der Waals surface area contributed by atoms with Gasteiger partial charge in [-0.15, -0.1) is 0 Å². The summed E-state index contributed by atoms with van der Waals surface area (Å²) < 4.78 is 7.13. The Morgan fingerprint density at radius 1 is 1.35 bits per heavy atom. The molecule has 1 aromatic heterocycles. The molecular weight excluding hydrogens is 252 g/mol. The quantitative estimate of drug-likeness (QED) is 0.633. The lowest BCUT2D eigenvalue weighted by atomic mass is 9.82. The largest absolute Gasteiger partial charge is 0.383 e. The highest BCUT2D eigenvalue weighted by atomic mass is 16.5. The van der Waals surface area contributed by atoms with Gasteiger partial charge >= 0.3 is 0 Å². The Hall–Kier alpha value is -0.940. The fourth-order valence-electron chi connectivity index (χ4n) is 2.61. The number of hydrogen-bond acceptors (Lipinski definition) is 4. The Labute approximate surface area is 123 Å². The van der Waals surface area contributed by atoms with Crippen molar-refractivity contribution < 1.29 is 4.74 Å². The van der Waals surface area contributed by atoms with E-state index in [4.69, 9.17) is 4.74 Å². The molecule has 0 fully saturated rings. The molecule has 0 aliphatic carbocycles. The molecule has 1 rings (SSSR count). The molecule has 0 saturated carbocycles. The van der Waals surface area contributed by atoms with Crippen molar-refractivity contribution in [2.45, 2.75) is 53.0 Å². The number of aromatic nitrogens is 3. The minimum atomic E-state index is 0.223. The first-order chi connectivity index (χ1) is 9.65. The predicted octanol–water partition coefficient (Wildman–Crippen LogP) is 2.27. The first-order valence-corrected chi connectivity index (χ1v) is 7.71. The van der Waals surface area contributed by atoms with Gasteiger partial charge in [-0.1, -0.05) is 27.2 Å².